The normalized spacial score (nSPS) is 12.6. The molecule has 0 saturated heterocycles. The molecule has 1 unspecified atom stereocenters. The van der Waals surface area contributed by atoms with Crippen LogP contribution in [-0.2, 0) is 0 Å². The Morgan fingerprint density at radius 1 is 1.10 bits per heavy atom. The van der Waals surface area contributed by atoms with Crippen molar-refractivity contribution in [3.63, 3.8) is 0 Å². The predicted octanol–water partition coefficient (Wildman–Crippen LogP) is 5.53. The molecule has 0 radical (unpaired) electrons. The molecule has 1 atom stereocenters. The molecule has 0 amide bonds. The van der Waals surface area contributed by atoms with Gasteiger partial charge in [-0.1, -0.05) is 69.9 Å². The molecule has 1 rings (SSSR count). The van der Waals surface area contributed by atoms with Crippen LogP contribution in [0.2, 0.25) is 5.02 Å². The highest BCUT2D eigenvalue weighted by Crippen LogP contribution is 2.25. The summed E-state index contributed by atoms with van der Waals surface area (Å²) in [5, 5.41) is 4.14. The van der Waals surface area contributed by atoms with Crippen LogP contribution in [-0.4, -0.2) is 12.0 Å². The van der Waals surface area contributed by atoms with Gasteiger partial charge in [-0.15, -0.1) is 0 Å². The Labute approximate surface area is 129 Å². The first-order valence-corrected chi connectivity index (χ1v) is 8.44. The van der Waals surface area contributed by atoms with Crippen LogP contribution in [0.3, 0.4) is 0 Å². The zero-order valence-corrected chi connectivity index (χ0v) is 13.8. The summed E-state index contributed by atoms with van der Waals surface area (Å²) in [6.07, 6.45) is 15.6. The SMILES string of the molecule is CCCCCCCCCCC(NC)c1ccncc1Cl. The van der Waals surface area contributed by atoms with E-state index in [4.69, 9.17) is 11.6 Å². The van der Waals surface area contributed by atoms with E-state index in [2.05, 4.69) is 17.2 Å². The Morgan fingerprint density at radius 2 is 1.75 bits per heavy atom. The van der Waals surface area contributed by atoms with E-state index in [0.717, 1.165) is 11.4 Å². The maximum atomic E-state index is 6.21. The minimum Gasteiger partial charge on any atom is -0.313 e. The molecule has 0 fully saturated rings. The third kappa shape index (κ3) is 6.71. The van der Waals surface area contributed by atoms with Gasteiger partial charge in [0.15, 0.2) is 0 Å². The molecule has 0 aliphatic carbocycles. The Balaban J connectivity index is 2.18. The zero-order valence-electron chi connectivity index (χ0n) is 13.0. The Hall–Kier alpha value is -0.600. The van der Waals surface area contributed by atoms with Crippen LogP contribution in [0.4, 0.5) is 0 Å². The lowest BCUT2D eigenvalue weighted by atomic mass is 10.0. The van der Waals surface area contributed by atoms with Gasteiger partial charge < -0.3 is 5.32 Å². The summed E-state index contributed by atoms with van der Waals surface area (Å²) < 4.78 is 0. The fourth-order valence-electron chi connectivity index (χ4n) is 2.61. The molecule has 2 nitrogen and oxygen atoms in total. The number of halogens is 1. The molecule has 0 spiro atoms. The Bertz CT molecular complexity index is 355. The van der Waals surface area contributed by atoms with Gasteiger partial charge in [-0.25, -0.2) is 0 Å². The van der Waals surface area contributed by atoms with Crippen LogP contribution in [0.1, 0.15) is 76.3 Å². The van der Waals surface area contributed by atoms with Crippen molar-refractivity contribution in [1.29, 1.82) is 0 Å². The number of hydrogen-bond donors (Lipinski definition) is 1. The summed E-state index contributed by atoms with van der Waals surface area (Å²) in [6.45, 7) is 2.27. The third-order valence-electron chi connectivity index (χ3n) is 3.87. The minimum absolute atomic E-state index is 0.352. The maximum absolute atomic E-state index is 6.21. The lowest BCUT2D eigenvalue weighted by Gasteiger charge is -2.17. The van der Waals surface area contributed by atoms with Gasteiger partial charge in [0, 0.05) is 18.4 Å². The lowest BCUT2D eigenvalue weighted by Crippen LogP contribution is -2.16. The van der Waals surface area contributed by atoms with Gasteiger partial charge in [-0.05, 0) is 25.1 Å². The van der Waals surface area contributed by atoms with E-state index in [1.54, 1.807) is 6.20 Å². The van der Waals surface area contributed by atoms with Crippen molar-refractivity contribution < 1.29 is 0 Å². The van der Waals surface area contributed by atoms with Gasteiger partial charge >= 0.3 is 0 Å². The molecule has 1 heterocycles. The first kappa shape index (κ1) is 17.5. The fraction of sp³-hybridized carbons (Fsp3) is 0.706. The molecule has 20 heavy (non-hydrogen) atoms. The van der Waals surface area contributed by atoms with Gasteiger partial charge in [0.2, 0.25) is 0 Å². The van der Waals surface area contributed by atoms with Gasteiger partial charge in [0.05, 0.1) is 5.02 Å². The van der Waals surface area contributed by atoms with Crippen LogP contribution >= 0.6 is 11.6 Å². The van der Waals surface area contributed by atoms with Crippen molar-refractivity contribution in [3.05, 3.63) is 29.0 Å². The van der Waals surface area contributed by atoms with Gasteiger partial charge in [0.1, 0.15) is 0 Å². The van der Waals surface area contributed by atoms with E-state index in [1.165, 1.54) is 56.9 Å². The third-order valence-corrected chi connectivity index (χ3v) is 4.19. The molecule has 0 bridgehead atoms. The quantitative estimate of drug-likeness (QED) is 0.543. The summed E-state index contributed by atoms with van der Waals surface area (Å²) >= 11 is 6.21. The van der Waals surface area contributed by atoms with E-state index < -0.39 is 0 Å². The number of nitrogens with zero attached hydrogens (tertiary/aromatic N) is 1. The molecular formula is C17H29ClN2. The van der Waals surface area contributed by atoms with Crippen LogP contribution in [0, 0.1) is 0 Å². The summed E-state index contributed by atoms with van der Waals surface area (Å²) in [4.78, 5) is 4.05. The van der Waals surface area contributed by atoms with Crippen molar-refractivity contribution in [3.8, 4) is 0 Å². The Kier molecular flexibility index (Phi) is 9.69. The monoisotopic (exact) mass is 296 g/mol. The first-order chi connectivity index (χ1) is 9.79. The minimum atomic E-state index is 0.352. The van der Waals surface area contributed by atoms with Crippen LogP contribution in [0.25, 0.3) is 0 Å². The molecule has 0 aromatic carbocycles. The van der Waals surface area contributed by atoms with Gasteiger partial charge in [0.25, 0.3) is 0 Å². The summed E-state index contributed by atoms with van der Waals surface area (Å²) in [6, 6.07) is 2.37. The van der Waals surface area contributed by atoms with Crippen molar-refractivity contribution in [2.24, 2.45) is 0 Å². The van der Waals surface area contributed by atoms with Crippen molar-refractivity contribution in [1.82, 2.24) is 10.3 Å². The topological polar surface area (TPSA) is 24.9 Å². The molecule has 114 valence electrons. The van der Waals surface area contributed by atoms with Crippen molar-refractivity contribution in [2.75, 3.05) is 7.05 Å². The number of nitrogens with one attached hydrogen (secondary N) is 1. The first-order valence-electron chi connectivity index (χ1n) is 8.06. The largest absolute Gasteiger partial charge is 0.313 e. The molecule has 1 aromatic heterocycles. The number of hydrogen-bond acceptors (Lipinski definition) is 2. The molecule has 3 heteroatoms. The van der Waals surface area contributed by atoms with Gasteiger partial charge in [-0.2, -0.15) is 0 Å². The van der Waals surface area contributed by atoms with Crippen LogP contribution in [0.5, 0.6) is 0 Å². The number of aromatic nitrogens is 1. The second-order valence-electron chi connectivity index (χ2n) is 5.50. The molecule has 1 N–H and O–H groups in total. The highest BCUT2D eigenvalue weighted by molar-refractivity contribution is 6.31. The summed E-state index contributed by atoms with van der Waals surface area (Å²) in [5.41, 5.74) is 1.17. The lowest BCUT2D eigenvalue weighted by molar-refractivity contribution is 0.494. The summed E-state index contributed by atoms with van der Waals surface area (Å²) in [7, 11) is 2.01. The summed E-state index contributed by atoms with van der Waals surface area (Å²) in [5.74, 6) is 0. The van der Waals surface area contributed by atoms with Crippen LogP contribution in [0.15, 0.2) is 18.5 Å². The molecular weight excluding hydrogens is 268 g/mol. The molecule has 0 aliphatic rings. The molecule has 0 saturated carbocycles. The van der Waals surface area contributed by atoms with Crippen LogP contribution < -0.4 is 5.32 Å². The second-order valence-corrected chi connectivity index (χ2v) is 5.91. The number of pyridine rings is 1. The average Bonchev–Trinajstić information content (AvgIpc) is 2.47. The maximum Gasteiger partial charge on any atom is 0.0637 e. The predicted molar refractivity (Wildman–Crippen MR) is 88.3 cm³/mol. The van der Waals surface area contributed by atoms with E-state index in [-0.39, 0.29) is 0 Å². The van der Waals surface area contributed by atoms with Crippen molar-refractivity contribution in [2.45, 2.75) is 70.8 Å². The zero-order chi connectivity index (χ0) is 14.6. The smallest absolute Gasteiger partial charge is 0.0637 e. The number of rotatable bonds is 11. The van der Waals surface area contributed by atoms with E-state index in [0.29, 0.717) is 6.04 Å². The number of unbranched alkanes of at least 4 members (excludes halogenated alkanes) is 7. The molecule has 1 aromatic rings. The van der Waals surface area contributed by atoms with Crippen molar-refractivity contribution >= 4 is 11.6 Å². The van der Waals surface area contributed by atoms with E-state index in [9.17, 15) is 0 Å². The second kappa shape index (κ2) is 11.1. The average molecular weight is 297 g/mol. The molecule has 0 aliphatic heterocycles. The Morgan fingerprint density at radius 3 is 2.35 bits per heavy atom. The fourth-order valence-corrected chi connectivity index (χ4v) is 2.86. The van der Waals surface area contributed by atoms with Gasteiger partial charge in [-0.3, -0.25) is 4.98 Å². The highest BCUT2D eigenvalue weighted by atomic mass is 35.5. The van der Waals surface area contributed by atoms with E-state index >= 15 is 0 Å². The highest BCUT2D eigenvalue weighted by Gasteiger charge is 2.11. The van der Waals surface area contributed by atoms with E-state index in [1.807, 2.05) is 19.3 Å². The standard InChI is InChI=1S/C17H29ClN2/c1-3-4-5-6-7-8-9-10-11-17(19-2)15-12-13-20-14-16(15)18/h12-14,17,19H,3-11H2,1-2H3.